The fourth-order valence-electron chi connectivity index (χ4n) is 2.35. The van der Waals surface area contributed by atoms with E-state index in [0.29, 0.717) is 30.0 Å². The minimum Gasteiger partial charge on any atom is -0.495 e. The van der Waals surface area contributed by atoms with Gasteiger partial charge < -0.3 is 10.1 Å². The molecule has 0 aliphatic heterocycles. The van der Waals surface area contributed by atoms with E-state index in [-0.39, 0.29) is 16.3 Å². The maximum atomic E-state index is 12.8. The van der Waals surface area contributed by atoms with Crippen LogP contribution in [0.1, 0.15) is 32.4 Å². The Morgan fingerprint density at radius 2 is 2.07 bits per heavy atom. The number of anilines is 2. The van der Waals surface area contributed by atoms with Crippen LogP contribution in [0.4, 0.5) is 10.8 Å². The van der Waals surface area contributed by atoms with Gasteiger partial charge in [-0.1, -0.05) is 15.9 Å². The van der Waals surface area contributed by atoms with Crippen LogP contribution in [0.2, 0.25) is 0 Å². The van der Waals surface area contributed by atoms with E-state index in [2.05, 4.69) is 31.0 Å². The van der Waals surface area contributed by atoms with Crippen LogP contribution < -0.4 is 14.8 Å². The van der Waals surface area contributed by atoms with Crippen LogP contribution in [0.25, 0.3) is 0 Å². The van der Waals surface area contributed by atoms with Gasteiger partial charge in [0.05, 0.1) is 29.2 Å². The van der Waals surface area contributed by atoms with Crippen molar-refractivity contribution >= 4 is 54.0 Å². The Balaban J connectivity index is 1.76. The molecule has 0 bridgehead atoms. The second kappa shape index (κ2) is 7.40. The number of sulfonamides is 1. The van der Waals surface area contributed by atoms with Gasteiger partial charge in [-0.15, -0.1) is 11.3 Å². The number of halogens is 1. The Morgan fingerprint density at radius 3 is 2.70 bits per heavy atom. The van der Waals surface area contributed by atoms with Crippen molar-refractivity contribution < 1.29 is 17.9 Å². The molecule has 7 nitrogen and oxygen atoms in total. The molecule has 1 aliphatic rings. The third kappa shape index (κ3) is 4.44. The normalized spacial score (nSPS) is 14.7. The van der Waals surface area contributed by atoms with Gasteiger partial charge >= 0.3 is 0 Å². The minimum absolute atomic E-state index is 0.273. The number of carbonyl (C=O) groups excluding carboxylic acids is 1. The number of aromatic nitrogens is 1. The SMILES string of the molecule is COc1cc(Br)ccc1NC(=O)C(C)(C)c1csc(NS(=O)(=O)C2CC2)n1. The lowest BCUT2D eigenvalue weighted by Crippen LogP contribution is -2.35. The number of nitrogens with zero attached hydrogens (tertiary/aromatic N) is 1. The number of methoxy groups -OCH3 is 1. The van der Waals surface area contributed by atoms with Crippen molar-refractivity contribution in [1.29, 1.82) is 0 Å². The zero-order chi connectivity index (χ0) is 19.8. The van der Waals surface area contributed by atoms with E-state index in [0.717, 1.165) is 4.47 Å². The molecule has 146 valence electrons. The van der Waals surface area contributed by atoms with Crippen molar-refractivity contribution in [3.05, 3.63) is 33.7 Å². The highest BCUT2D eigenvalue weighted by atomic mass is 79.9. The number of amides is 1. The minimum atomic E-state index is -3.38. The molecule has 0 unspecified atom stereocenters. The Hall–Kier alpha value is -1.65. The zero-order valence-electron chi connectivity index (χ0n) is 15.1. The summed E-state index contributed by atoms with van der Waals surface area (Å²) < 4.78 is 32.7. The molecule has 1 fully saturated rings. The Labute approximate surface area is 170 Å². The van der Waals surface area contributed by atoms with Crippen molar-refractivity contribution in [2.24, 2.45) is 0 Å². The highest BCUT2D eigenvalue weighted by Gasteiger charge is 2.37. The maximum Gasteiger partial charge on any atom is 0.237 e. The van der Waals surface area contributed by atoms with Gasteiger partial charge in [0.2, 0.25) is 15.9 Å². The van der Waals surface area contributed by atoms with Gasteiger partial charge in [0.15, 0.2) is 5.13 Å². The van der Waals surface area contributed by atoms with Crippen LogP contribution in [0.5, 0.6) is 5.75 Å². The molecule has 0 saturated heterocycles. The van der Waals surface area contributed by atoms with Crippen LogP contribution >= 0.6 is 27.3 Å². The van der Waals surface area contributed by atoms with Crippen LogP contribution in [-0.4, -0.2) is 31.7 Å². The molecule has 1 heterocycles. The number of carbonyl (C=O) groups is 1. The smallest absolute Gasteiger partial charge is 0.237 e. The number of hydrogen-bond donors (Lipinski definition) is 2. The summed E-state index contributed by atoms with van der Waals surface area (Å²) in [5.41, 5.74) is 0.0796. The molecular formula is C17H20BrN3O4S2. The fraction of sp³-hybridized carbons (Fsp3) is 0.412. The van der Waals surface area contributed by atoms with Gasteiger partial charge in [0.25, 0.3) is 0 Å². The number of thiazole rings is 1. The van der Waals surface area contributed by atoms with Gasteiger partial charge in [-0.2, -0.15) is 0 Å². The second-order valence-corrected chi connectivity index (χ2v) is 10.5. The summed E-state index contributed by atoms with van der Waals surface area (Å²) in [5.74, 6) is 0.259. The number of benzene rings is 1. The van der Waals surface area contributed by atoms with Crippen LogP contribution in [0, 0.1) is 0 Å². The molecule has 10 heteroatoms. The molecule has 1 aliphatic carbocycles. The van der Waals surface area contributed by atoms with Gasteiger partial charge in [-0.3, -0.25) is 9.52 Å². The Morgan fingerprint density at radius 1 is 1.37 bits per heavy atom. The predicted molar refractivity (Wildman–Crippen MR) is 110 cm³/mol. The standard InChI is InChI=1S/C17H20BrN3O4S2/c1-17(2,15(22)19-12-7-4-10(18)8-13(12)25-3)14-9-26-16(20-14)21-27(23,24)11-5-6-11/h4,7-9,11H,5-6H2,1-3H3,(H,19,22)(H,20,21). The van der Waals surface area contributed by atoms with E-state index < -0.39 is 15.4 Å². The topological polar surface area (TPSA) is 97.4 Å². The summed E-state index contributed by atoms with van der Waals surface area (Å²) in [4.78, 5) is 17.2. The van der Waals surface area contributed by atoms with Crippen molar-refractivity contribution in [2.75, 3.05) is 17.1 Å². The molecule has 2 aromatic rings. The molecule has 1 saturated carbocycles. The molecule has 2 N–H and O–H groups in total. The largest absolute Gasteiger partial charge is 0.495 e. The lowest BCUT2D eigenvalue weighted by atomic mass is 9.89. The fourth-order valence-corrected chi connectivity index (χ4v) is 5.17. The van der Waals surface area contributed by atoms with Crippen molar-refractivity contribution in [2.45, 2.75) is 37.4 Å². The summed E-state index contributed by atoms with van der Waals surface area (Å²) in [6.07, 6.45) is 1.35. The predicted octanol–water partition coefficient (Wildman–Crippen LogP) is 3.73. The molecule has 1 aromatic carbocycles. The van der Waals surface area contributed by atoms with Crippen LogP contribution in [0.3, 0.4) is 0 Å². The molecule has 27 heavy (non-hydrogen) atoms. The highest BCUT2D eigenvalue weighted by Crippen LogP contribution is 2.34. The van der Waals surface area contributed by atoms with Gasteiger partial charge in [0, 0.05) is 9.85 Å². The van der Waals surface area contributed by atoms with Crippen molar-refractivity contribution in [1.82, 2.24) is 4.98 Å². The lowest BCUT2D eigenvalue weighted by Gasteiger charge is -2.22. The molecule has 0 atom stereocenters. The van der Waals surface area contributed by atoms with Crippen LogP contribution in [-0.2, 0) is 20.2 Å². The summed E-state index contributed by atoms with van der Waals surface area (Å²) in [6, 6.07) is 5.31. The number of rotatable bonds is 7. The summed E-state index contributed by atoms with van der Waals surface area (Å²) in [6.45, 7) is 3.48. The molecule has 3 rings (SSSR count). The van der Waals surface area contributed by atoms with Crippen molar-refractivity contribution in [3.8, 4) is 5.75 Å². The van der Waals surface area contributed by atoms with E-state index >= 15 is 0 Å². The third-order valence-corrected chi connectivity index (χ3v) is 7.52. The van der Waals surface area contributed by atoms with E-state index in [1.807, 2.05) is 0 Å². The number of hydrogen-bond acceptors (Lipinski definition) is 6. The zero-order valence-corrected chi connectivity index (χ0v) is 18.3. The molecule has 0 spiro atoms. The van der Waals surface area contributed by atoms with Gasteiger partial charge in [-0.05, 0) is 44.9 Å². The molecule has 1 amide bonds. The quantitative estimate of drug-likeness (QED) is 0.638. The monoisotopic (exact) mass is 473 g/mol. The average Bonchev–Trinajstić information content (AvgIpc) is 3.37. The lowest BCUT2D eigenvalue weighted by molar-refractivity contribution is -0.120. The first kappa shape index (κ1) is 20.1. The molecule has 1 aromatic heterocycles. The first-order valence-electron chi connectivity index (χ1n) is 8.26. The van der Waals surface area contributed by atoms with E-state index in [9.17, 15) is 13.2 Å². The van der Waals surface area contributed by atoms with E-state index in [1.54, 1.807) is 37.4 Å². The van der Waals surface area contributed by atoms with E-state index in [4.69, 9.17) is 4.74 Å². The first-order valence-corrected chi connectivity index (χ1v) is 11.5. The second-order valence-electron chi connectivity index (χ2n) is 6.81. The maximum absolute atomic E-state index is 12.8. The number of ether oxygens (including phenoxy) is 1. The van der Waals surface area contributed by atoms with E-state index in [1.165, 1.54) is 18.4 Å². The van der Waals surface area contributed by atoms with Gasteiger partial charge in [-0.25, -0.2) is 13.4 Å². The summed E-state index contributed by atoms with van der Waals surface area (Å²) in [7, 11) is -1.85. The summed E-state index contributed by atoms with van der Waals surface area (Å²) in [5, 5.41) is 4.50. The first-order chi connectivity index (χ1) is 12.6. The summed E-state index contributed by atoms with van der Waals surface area (Å²) >= 11 is 4.53. The van der Waals surface area contributed by atoms with Crippen molar-refractivity contribution in [3.63, 3.8) is 0 Å². The molecule has 0 radical (unpaired) electrons. The Bertz CT molecular complexity index is 968. The highest BCUT2D eigenvalue weighted by molar-refractivity contribution is 9.10. The van der Waals surface area contributed by atoms with Crippen LogP contribution in [0.15, 0.2) is 28.1 Å². The molecular weight excluding hydrogens is 454 g/mol. The average molecular weight is 474 g/mol. The van der Waals surface area contributed by atoms with Gasteiger partial charge in [0.1, 0.15) is 5.75 Å². The number of nitrogens with one attached hydrogen (secondary N) is 2. The Kier molecular flexibility index (Phi) is 5.51. The third-order valence-electron chi connectivity index (χ3n) is 4.32.